The number of halogens is 1. The minimum Gasteiger partial charge on any atom is -0.497 e. The number of allylic oxidation sites excluding steroid dienone is 1. The second-order valence-electron chi connectivity index (χ2n) is 14.8. The average Bonchev–Trinajstić information content (AvgIpc) is 3.02. The quantitative estimate of drug-likeness (QED) is 0.0949. The number of alkyl halides is 1. The third kappa shape index (κ3) is 8.90. The number of rotatable bonds is 12. The molecule has 0 N–H and O–H groups in total. The van der Waals surface area contributed by atoms with Crippen molar-refractivity contribution in [2.24, 2.45) is 11.8 Å². The molecule has 0 radical (unpaired) electrons. The molecule has 0 unspecified atom stereocenters. The molecule has 1 fully saturated rings. The lowest BCUT2D eigenvalue weighted by Gasteiger charge is -2.47. The average molecular weight is 689 g/mol. The zero-order valence-electron chi connectivity index (χ0n) is 27.2. The topological polar surface area (TPSA) is 36.9 Å². The smallest absolute Gasteiger partial charge is 0.192 e. The van der Waals surface area contributed by atoms with Gasteiger partial charge in [-0.3, -0.25) is 0 Å². The van der Waals surface area contributed by atoms with Crippen molar-refractivity contribution in [3.8, 4) is 5.75 Å². The van der Waals surface area contributed by atoms with E-state index in [9.17, 15) is 0 Å². The van der Waals surface area contributed by atoms with Gasteiger partial charge < -0.3 is 18.3 Å². The van der Waals surface area contributed by atoms with Gasteiger partial charge in [0.15, 0.2) is 16.6 Å². The Labute approximate surface area is 256 Å². The summed E-state index contributed by atoms with van der Waals surface area (Å²) < 4.78 is 27.8. The van der Waals surface area contributed by atoms with Crippen LogP contribution in [0.1, 0.15) is 73.8 Å². The van der Waals surface area contributed by atoms with Crippen LogP contribution < -0.4 is 4.74 Å². The standard InChI is InChI=1S/C32H57IO4Si2/c1-24(18-19-33)20-28-29(36-38(10,11)30(3,4)5)25(2)21-32(28,37-39(12,13)31(6,7)8)23-35-22-26-14-16-27(34-9)17-15-26/h14-17,20,25,28-29H,18-19,21-23H2,1-13H3/b24-20+/t25-,28-,29+,32-/m0/s1. The van der Waals surface area contributed by atoms with Crippen molar-refractivity contribution in [2.45, 2.75) is 123 Å². The highest BCUT2D eigenvalue weighted by molar-refractivity contribution is 14.1. The lowest BCUT2D eigenvalue weighted by molar-refractivity contribution is -0.0655. The van der Waals surface area contributed by atoms with Crippen molar-refractivity contribution in [1.82, 2.24) is 0 Å². The number of benzene rings is 1. The summed E-state index contributed by atoms with van der Waals surface area (Å²) in [6, 6.07) is 8.17. The maximum Gasteiger partial charge on any atom is 0.192 e. The number of methoxy groups -OCH3 is 1. The predicted molar refractivity (Wildman–Crippen MR) is 180 cm³/mol. The zero-order chi connectivity index (χ0) is 29.9. The lowest BCUT2D eigenvalue weighted by atomic mass is 9.88. The molecule has 1 aliphatic rings. The fraction of sp³-hybridized carbons (Fsp3) is 0.750. The van der Waals surface area contributed by atoms with Gasteiger partial charge in [0.2, 0.25) is 0 Å². The monoisotopic (exact) mass is 688 g/mol. The Bertz CT molecular complexity index is 946. The minimum absolute atomic E-state index is 0.100. The summed E-state index contributed by atoms with van der Waals surface area (Å²) in [6.07, 6.45) is 4.65. The maximum atomic E-state index is 7.50. The SMILES string of the molecule is COc1ccc(COC[C@@]2(O[Si](C)(C)C(C)(C)C)C[C@H](C)[C@@H](O[Si](C)(C)C(C)(C)C)[C@@H]2/C=C(\C)CCI)cc1. The van der Waals surface area contributed by atoms with Gasteiger partial charge in [-0.05, 0) is 79.6 Å². The summed E-state index contributed by atoms with van der Waals surface area (Å²) in [4.78, 5) is 0. The Morgan fingerprint density at radius 2 is 1.56 bits per heavy atom. The molecule has 0 saturated heterocycles. The molecule has 1 aromatic rings. The van der Waals surface area contributed by atoms with Gasteiger partial charge in [-0.1, -0.05) is 94.8 Å². The normalized spacial score (nSPS) is 25.3. The zero-order valence-corrected chi connectivity index (χ0v) is 31.3. The van der Waals surface area contributed by atoms with Crippen molar-refractivity contribution < 1.29 is 18.3 Å². The molecule has 0 aliphatic heterocycles. The molecule has 7 heteroatoms. The van der Waals surface area contributed by atoms with E-state index in [1.165, 1.54) is 5.57 Å². The first-order valence-corrected chi connectivity index (χ1v) is 21.9. The molecule has 1 saturated carbocycles. The predicted octanol–water partition coefficient (Wildman–Crippen LogP) is 9.79. The lowest BCUT2D eigenvalue weighted by Crippen LogP contribution is -2.55. The van der Waals surface area contributed by atoms with E-state index in [2.05, 4.69) is 122 Å². The summed E-state index contributed by atoms with van der Waals surface area (Å²) >= 11 is 2.48. The molecule has 2 rings (SSSR count). The highest BCUT2D eigenvalue weighted by atomic mass is 127. The van der Waals surface area contributed by atoms with Gasteiger partial charge in [-0.15, -0.1) is 0 Å². The number of ether oxygens (including phenoxy) is 2. The van der Waals surface area contributed by atoms with Crippen LogP contribution in [0.2, 0.25) is 36.3 Å². The first-order valence-electron chi connectivity index (χ1n) is 14.6. The molecular weight excluding hydrogens is 631 g/mol. The van der Waals surface area contributed by atoms with Crippen LogP contribution in [0.3, 0.4) is 0 Å². The largest absolute Gasteiger partial charge is 0.497 e. The Kier molecular flexibility index (Phi) is 12.0. The third-order valence-corrected chi connectivity index (χ3v) is 19.0. The maximum absolute atomic E-state index is 7.50. The summed E-state index contributed by atoms with van der Waals surface area (Å²) in [7, 11) is -2.42. The van der Waals surface area contributed by atoms with Gasteiger partial charge >= 0.3 is 0 Å². The van der Waals surface area contributed by atoms with E-state index in [1.54, 1.807) is 7.11 Å². The van der Waals surface area contributed by atoms with Crippen molar-refractivity contribution in [1.29, 1.82) is 0 Å². The van der Waals surface area contributed by atoms with Gasteiger partial charge in [0, 0.05) is 10.3 Å². The molecule has 0 spiro atoms. The van der Waals surface area contributed by atoms with Crippen LogP contribution in [-0.4, -0.2) is 46.5 Å². The van der Waals surface area contributed by atoms with Gasteiger partial charge in [0.05, 0.1) is 32.0 Å². The molecule has 4 nitrogen and oxygen atoms in total. The van der Waals surface area contributed by atoms with Gasteiger partial charge in [0.25, 0.3) is 0 Å². The third-order valence-electron chi connectivity index (χ3n) is 9.42. The van der Waals surface area contributed by atoms with Crippen LogP contribution >= 0.6 is 22.6 Å². The second-order valence-corrected chi connectivity index (χ2v) is 25.3. The molecular formula is C32H57IO4Si2. The van der Waals surface area contributed by atoms with Crippen molar-refractivity contribution >= 4 is 39.2 Å². The molecule has 0 amide bonds. The van der Waals surface area contributed by atoms with E-state index in [0.29, 0.717) is 19.1 Å². The van der Waals surface area contributed by atoms with Crippen LogP contribution in [0, 0.1) is 11.8 Å². The molecule has 39 heavy (non-hydrogen) atoms. The minimum atomic E-state index is -2.12. The van der Waals surface area contributed by atoms with E-state index in [4.69, 9.17) is 18.3 Å². The van der Waals surface area contributed by atoms with Crippen LogP contribution in [-0.2, 0) is 20.2 Å². The molecule has 0 bridgehead atoms. The van der Waals surface area contributed by atoms with Crippen LogP contribution in [0.5, 0.6) is 5.75 Å². The summed E-state index contributed by atoms with van der Waals surface area (Å²) in [5, 5.41) is 0.248. The Morgan fingerprint density at radius 1 is 1.00 bits per heavy atom. The van der Waals surface area contributed by atoms with E-state index in [-0.39, 0.29) is 22.1 Å². The Balaban J connectivity index is 2.54. The highest BCUT2D eigenvalue weighted by Crippen LogP contribution is 2.52. The summed E-state index contributed by atoms with van der Waals surface area (Å²) in [6.45, 7) is 29.3. The molecule has 0 heterocycles. The molecule has 224 valence electrons. The van der Waals surface area contributed by atoms with Crippen LogP contribution in [0.25, 0.3) is 0 Å². The Morgan fingerprint density at radius 3 is 2.05 bits per heavy atom. The van der Waals surface area contributed by atoms with Crippen LogP contribution in [0.15, 0.2) is 35.9 Å². The van der Waals surface area contributed by atoms with Crippen molar-refractivity contribution in [3.63, 3.8) is 0 Å². The Hall–Kier alpha value is -0.196. The van der Waals surface area contributed by atoms with Gasteiger partial charge in [-0.25, -0.2) is 0 Å². The fourth-order valence-corrected chi connectivity index (χ4v) is 8.83. The van der Waals surface area contributed by atoms with E-state index in [0.717, 1.165) is 28.6 Å². The number of hydrogen-bond donors (Lipinski definition) is 0. The fourth-order valence-electron chi connectivity index (χ4n) is 4.96. The first kappa shape index (κ1) is 35.0. The van der Waals surface area contributed by atoms with Gasteiger partial charge in [-0.2, -0.15) is 0 Å². The van der Waals surface area contributed by atoms with E-state index in [1.807, 2.05) is 12.1 Å². The second kappa shape index (κ2) is 13.4. The molecule has 4 atom stereocenters. The van der Waals surface area contributed by atoms with Gasteiger partial charge in [0.1, 0.15) is 5.75 Å². The van der Waals surface area contributed by atoms with Crippen molar-refractivity contribution in [3.05, 3.63) is 41.5 Å². The first-order chi connectivity index (χ1) is 17.8. The molecule has 1 aromatic carbocycles. The highest BCUT2D eigenvalue weighted by Gasteiger charge is 2.58. The van der Waals surface area contributed by atoms with Crippen LogP contribution in [0.4, 0.5) is 0 Å². The van der Waals surface area contributed by atoms with E-state index < -0.39 is 22.2 Å². The summed E-state index contributed by atoms with van der Waals surface area (Å²) in [5.74, 6) is 1.39. The number of hydrogen-bond acceptors (Lipinski definition) is 4. The molecule has 1 aliphatic carbocycles. The van der Waals surface area contributed by atoms with Crippen molar-refractivity contribution in [2.75, 3.05) is 18.1 Å². The van der Waals surface area contributed by atoms with E-state index >= 15 is 0 Å². The summed E-state index contributed by atoms with van der Waals surface area (Å²) in [5.41, 5.74) is 2.14. The molecule has 0 aromatic heterocycles.